The molecule has 2 atom stereocenters. The molecular formula is C20H20N6O4. The summed E-state index contributed by atoms with van der Waals surface area (Å²) in [5.74, 6) is -1.05. The van der Waals surface area contributed by atoms with Crippen molar-refractivity contribution in [3.05, 3.63) is 47.5 Å². The van der Waals surface area contributed by atoms with E-state index < -0.39 is 29.7 Å². The fraction of sp³-hybridized carbons (Fsp3) is 0.350. The van der Waals surface area contributed by atoms with E-state index in [0.29, 0.717) is 13.1 Å². The Kier molecular flexibility index (Phi) is 4.35. The molecule has 0 bridgehead atoms. The first-order chi connectivity index (χ1) is 14.5. The number of amides is 4. The van der Waals surface area contributed by atoms with Crippen LogP contribution in [0.3, 0.4) is 0 Å². The zero-order chi connectivity index (χ0) is 20.8. The van der Waals surface area contributed by atoms with Crippen molar-refractivity contribution in [1.82, 2.24) is 25.1 Å². The van der Waals surface area contributed by atoms with E-state index >= 15 is 0 Å². The highest BCUT2D eigenvalue weighted by Gasteiger charge is 2.44. The third kappa shape index (κ3) is 3.05. The first-order valence-electron chi connectivity index (χ1n) is 9.84. The van der Waals surface area contributed by atoms with Crippen LogP contribution in [0, 0.1) is 0 Å². The largest absolute Gasteiger partial charge is 0.379 e. The van der Waals surface area contributed by atoms with Crippen LogP contribution >= 0.6 is 0 Å². The van der Waals surface area contributed by atoms with E-state index in [0.717, 1.165) is 23.0 Å². The summed E-state index contributed by atoms with van der Waals surface area (Å²) < 4.78 is 2.07. The molecule has 3 N–H and O–H groups in total. The number of rotatable bonds is 3. The van der Waals surface area contributed by atoms with Crippen LogP contribution < -0.4 is 16.0 Å². The van der Waals surface area contributed by atoms with E-state index in [1.54, 1.807) is 24.4 Å². The normalized spacial score (nSPS) is 23.7. The zero-order valence-electron chi connectivity index (χ0n) is 16.1. The van der Waals surface area contributed by atoms with Crippen molar-refractivity contribution < 1.29 is 19.2 Å². The Labute approximate surface area is 171 Å². The molecular weight excluding hydrogens is 388 g/mol. The van der Waals surface area contributed by atoms with Crippen molar-refractivity contribution in [3.63, 3.8) is 0 Å². The molecule has 0 radical (unpaired) electrons. The maximum atomic E-state index is 12.9. The lowest BCUT2D eigenvalue weighted by atomic mass is 10.0. The first kappa shape index (κ1) is 18.5. The monoisotopic (exact) mass is 408 g/mol. The van der Waals surface area contributed by atoms with E-state index in [9.17, 15) is 19.2 Å². The fourth-order valence-corrected chi connectivity index (χ4v) is 4.23. The number of aromatic nitrogens is 2. The minimum atomic E-state index is -0.961. The molecule has 0 saturated carbocycles. The van der Waals surface area contributed by atoms with Gasteiger partial charge < -0.3 is 15.2 Å². The second kappa shape index (κ2) is 7.06. The lowest BCUT2D eigenvalue weighted by molar-refractivity contribution is -0.136. The van der Waals surface area contributed by atoms with Gasteiger partial charge in [-0.1, -0.05) is 0 Å². The number of hydrogen-bond donors (Lipinski definition) is 3. The highest BCUT2D eigenvalue weighted by molar-refractivity contribution is 6.23. The molecule has 5 rings (SSSR count). The van der Waals surface area contributed by atoms with Crippen molar-refractivity contribution in [2.24, 2.45) is 0 Å². The van der Waals surface area contributed by atoms with Gasteiger partial charge in [0.25, 0.3) is 11.8 Å². The minimum Gasteiger partial charge on any atom is -0.379 e. The molecule has 30 heavy (non-hydrogen) atoms. The number of carbonyl (C=O) groups excluding carboxylic acids is 4. The molecule has 154 valence electrons. The number of hydrogen-bond acceptors (Lipinski definition) is 7. The Morgan fingerprint density at radius 2 is 1.93 bits per heavy atom. The van der Waals surface area contributed by atoms with Gasteiger partial charge in [-0.15, -0.1) is 0 Å². The summed E-state index contributed by atoms with van der Waals surface area (Å²) in [6, 6.07) is 4.13. The maximum absolute atomic E-state index is 12.9. The van der Waals surface area contributed by atoms with Crippen LogP contribution in [-0.2, 0) is 22.7 Å². The molecule has 0 aliphatic carbocycles. The van der Waals surface area contributed by atoms with E-state index in [1.807, 2.05) is 6.20 Å². The molecule has 1 aromatic carbocycles. The van der Waals surface area contributed by atoms with E-state index in [2.05, 4.69) is 25.5 Å². The van der Waals surface area contributed by atoms with E-state index in [1.165, 1.54) is 0 Å². The second-order valence-electron chi connectivity index (χ2n) is 7.68. The third-order valence-corrected chi connectivity index (χ3v) is 5.70. The Hall–Kier alpha value is -3.53. The van der Waals surface area contributed by atoms with Crippen molar-refractivity contribution in [3.8, 4) is 0 Å². The van der Waals surface area contributed by atoms with Gasteiger partial charge in [-0.3, -0.25) is 29.4 Å². The second-order valence-corrected chi connectivity index (χ2v) is 7.68. The number of piperidine rings is 1. The third-order valence-electron chi connectivity index (χ3n) is 5.70. The van der Waals surface area contributed by atoms with Crippen LogP contribution in [0.4, 0.5) is 5.69 Å². The van der Waals surface area contributed by atoms with Crippen molar-refractivity contribution in [2.45, 2.75) is 38.0 Å². The predicted molar refractivity (Wildman–Crippen MR) is 104 cm³/mol. The molecule has 3 aliphatic heterocycles. The van der Waals surface area contributed by atoms with Crippen LogP contribution in [0.15, 0.2) is 30.6 Å². The number of imidazole rings is 1. The summed E-state index contributed by atoms with van der Waals surface area (Å²) in [6.07, 6.45) is 3.94. The molecule has 4 heterocycles. The topological polar surface area (TPSA) is 125 Å². The van der Waals surface area contributed by atoms with Crippen molar-refractivity contribution in [2.75, 3.05) is 11.9 Å². The molecule has 1 saturated heterocycles. The fourth-order valence-electron chi connectivity index (χ4n) is 4.23. The van der Waals surface area contributed by atoms with Crippen LogP contribution in [0.5, 0.6) is 0 Å². The molecule has 1 fully saturated rings. The van der Waals surface area contributed by atoms with Crippen LogP contribution in [0.1, 0.15) is 39.4 Å². The first-order valence-corrected chi connectivity index (χ1v) is 9.84. The number of fused-ring (bicyclic) bond motifs is 2. The van der Waals surface area contributed by atoms with Gasteiger partial charge in [-0.2, -0.15) is 0 Å². The molecule has 0 spiro atoms. The van der Waals surface area contributed by atoms with Gasteiger partial charge in [0.05, 0.1) is 23.7 Å². The van der Waals surface area contributed by atoms with E-state index in [4.69, 9.17) is 0 Å². The van der Waals surface area contributed by atoms with Crippen molar-refractivity contribution in [1.29, 1.82) is 0 Å². The lowest BCUT2D eigenvalue weighted by Crippen LogP contribution is -2.54. The molecule has 4 amide bonds. The van der Waals surface area contributed by atoms with Gasteiger partial charge in [-0.25, -0.2) is 4.98 Å². The summed E-state index contributed by atoms with van der Waals surface area (Å²) >= 11 is 0. The number of anilines is 1. The highest BCUT2D eigenvalue weighted by Crippen LogP contribution is 2.29. The quantitative estimate of drug-likeness (QED) is 0.604. The SMILES string of the molecule is O=C1CCC(N2C(=O)c3ccc(NC4CNCc5nccn5C4)cc3C2=O)C(=O)N1. The number of nitrogens with one attached hydrogen (secondary N) is 3. The van der Waals surface area contributed by atoms with Gasteiger partial charge in [0, 0.05) is 37.6 Å². The Morgan fingerprint density at radius 1 is 1.10 bits per heavy atom. The van der Waals surface area contributed by atoms with Crippen LogP contribution in [-0.4, -0.2) is 56.7 Å². The van der Waals surface area contributed by atoms with Gasteiger partial charge >= 0.3 is 0 Å². The van der Waals surface area contributed by atoms with Gasteiger partial charge in [0.15, 0.2) is 0 Å². The maximum Gasteiger partial charge on any atom is 0.262 e. The highest BCUT2D eigenvalue weighted by atomic mass is 16.2. The summed E-state index contributed by atoms with van der Waals surface area (Å²) in [7, 11) is 0. The van der Waals surface area contributed by atoms with Crippen molar-refractivity contribution >= 4 is 29.3 Å². The molecule has 10 heteroatoms. The number of benzene rings is 1. The van der Waals surface area contributed by atoms with E-state index in [-0.39, 0.29) is 30.0 Å². The Balaban J connectivity index is 1.36. The summed E-state index contributed by atoms with van der Waals surface area (Å²) in [5.41, 5.74) is 1.25. The van der Waals surface area contributed by atoms with Crippen LogP contribution in [0.25, 0.3) is 0 Å². The molecule has 10 nitrogen and oxygen atoms in total. The Bertz CT molecular complexity index is 1080. The summed E-state index contributed by atoms with van der Waals surface area (Å²) in [6.45, 7) is 2.12. The standard InChI is InChI=1S/C20H20N6O4/c27-17-4-3-15(18(28)24-17)26-19(29)13-2-1-11(7-14(13)20(26)30)23-12-8-21-9-16-22-5-6-25(16)10-12/h1-2,5-7,12,15,21,23H,3-4,8-10H2,(H,24,27,28). The lowest BCUT2D eigenvalue weighted by Gasteiger charge is -2.27. The number of nitrogens with zero attached hydrogens (tertiary/aromatic N) is 3. The van der Waals surface area contributed by atoms with Gasteiger partial charge in [0.2, 0.25) is 11.8 Å². The summed E-state index contributed by atoms with van der Waals surface area (Å²) in [5, 5.41) is 8.95. The van der Waals surface area contributed by atoms with Crippen LogP contribution in [0.2, 0.25) is 0 Å². The van der Waals surface area contributed by atoms with Gasteiger partial charge in [0.1, 0.15) is 11.9 Å². The predicted octanol–water partition coefficient (Wildman–Crippen LogP) is -0.132. The molecule has 1 aromatic heterocycles. The minimum absolute atomic E-state index is 0.0666. The molecule has 2 aromatic rings. The van der Waals surface area contributed by atoms with Gasteiger partial charge in [-0.05, 0) is 24.6 Å². The smallest absolute Gasteiger partial charge is 0.262 e. The summed E-state index contributed by atoms with van der Waals surface area (Å²) in [4.78, 5) is 54.6. The number of imide groups is 2. The average molecular weight is 408 g/mol. The zero-order valence-corrected chi connectivity index (χ0v) is 16.1. The average Bonchev–Trinajstić information content (AvgIpc) is 3.18. The Morgan fingerprint density at radius 3 is 2.77 bits per heavy atom. The number of carbonyl (C=O) groups is 4. The molecule has 2 unspecified atom stereocenters. The molecule has 3 aliphatic rings.